The maximum atomic E-state index is 13.7. The number of aliphatic hydroxyl groups is 1. The minimum Gasteiger partial charge on any atom is -0.512 e. The summed E-state index contributed by atoms with van der Waals surface area (Å²) < 4.78 is 13.7. The number of aromatic nitrogens is 1. The van der Waals surface area contributed by atoms with Crippen LogP contribution < -0.4 is 0 Å². The van der Waals surface area contributed by atoms with E-state index in [-0.39, 0.29) is 37.5 Å². The first-order chi connectivity index (χ1) is 12.7. The number of hydrogen-bond donors (Lipinski definition) is 1. The molecule has 0 aliphatic rings. The number of carbonyl (C=O) groups excluding carboxylic acids is 1. The molecule has 0 amide bonds. The smallest absolute Gasteiger partial charge is 0.155 e. The third-order valence-electron chi connectivity index (χ3n) is 4.08. The molecule has 0 atom stereocenters. The van der Waals surface area contributed by atoms with Gasteiger partial charge >= 0.3 is 0 Å². The summed E-state index contributed by atoms with van der Waals surface area (Å²) in [6, 6.07) is 14.5. The fraction of sp³-hybridized carbons (Fsp3) is 0.217. The Balaban J connectivity index is 0.000000425. The van der Waals surface area contributed by atoms with Crippen molar-refractivity contribution in [3.8, 4) is 11.3 Å². The maximum absolute atomic E-state index is 13.7. The summed E-state index contributed by atoms with van der Waals surface area (Å²) >= 11 is 0. The molecular weight excluding hydrogens is 533 g/mol. The fourth-order valence-corrected chi connectivity index (χ4v) is 2.52. The van der Waals surface area contributed by atoms with E-state index in [1.807, 2.05) is 24.3 Å². The molecular formula is C23H23FIrNO2-. The molecule has 0 bridgehead atoms. The molecule has 149 valence electrons. The zero-order valence-corrected chi connectivity index (χ0v) is 19.0. The Kier molecular flexibility index (Phi) is 8.67. The summed E-state index contributed by atoms with van der Waals surface area (Å²) in [4.78, 5) is 14.6. The van der Waals surface area contributed by atoms with Gasteiger partial charge in [-0.3, -0.25) is 9.78 Å². The molecule has 0 unspecified atom stereocenters. The van der Waals surface area contributed by atoms with Crippen molar-refractivity contribution < 1.29 is 34.4 Å². The van der Waals surface area contributed by atoms with Gasteiger partial charge in [-0.1, -0.05) is 26.0 Å². The van der Waals surface area contributed by atoms with Crippen LogP contribution in [0.1, 0.15) is 30.5 Å². The number of halogens is 1. The van der Waals surface area contributed by atoms with Gasteiger partial charge in [0.15, 0.2) is 5.78 Å². The number of rotatable bonds is 2. The summed E-state index contributed by atoms with van der Waals surface area (Å²) in [6.07, 6.45) is 1.17. The number of allylic oxidation sites excluding steroid dienone is 2. The number of hydrogen-bond acceptors (Lipinski definition) is 3. The van der Waals surface area contributed by atoms with Crippen LogP contribution in [0.2, 0.25) is 0 Å². The average Bonchev–Trinajstić information content (AvgIpc) is 2.57. The monoisotopic (exact) mass is 557 g/mol. The zero-order valence-electron chi connectivity index (χ0n) is 16.6. The second-order valence-electron chi connectivity index (χ2n) is 6.60. The van der Waals surface area contributed by atoms with Gasteiger partial charge in [0.2, 0.25) is 0 Å². The Labute approximate surface area is 178 Å². The predicted octanol–water partition coefficient (Wildman–Crippen LogP) is 5.80. The van der Waals surface area contributed by atoms with Gasteiger partial charge in [0, 0.05) is 26.2 Å². The summed E-state index contributed by atoms with van der Waals surface area (Å²) in [5, 5.41) is 9.32. The molecule has 0 aliphatic heterocycles. The van der Waals surface area contributed by atoms with E-state index in [2.05, 4.69) is 31.0 Å². The molecule has 0 aliphatic carbocycles. The quantitative estimate of drug-likeness (QED) is 0.247. The summed E-state index contributed by atoms with van der Waals surface area (Å²) in [7, 11) is 0. The van der Waals surface area contributed by atoms with Crippen LogP contribution in [0, 0.1) is 32.7 Å². The van der Waals surface area contributed by atoms with Gasteiger partial charge in [-0.05, 0) is 49.5 Å². The van der Waals surface area contributed by atoms with Crippen LogP contribution in [-0.4, -0.2) is 15.9 Å². The Morgan fingerprint density at radius 3 is 2.29 bits per heavy atom. The molecule has 5 heteroatoms. The second-order valence-corrected chi connectivity index (χ2v) is 6.60. The molecule has 0 saturated carbocycles. The van der Waals surface area contributed by atoms with Gasteiger partial charge in [0.25, 0.3) is 0 Å². The molecule has 0 fully saturated rings. The third kappa shape index (κ3) is 6.36. The number of nitrogens with zero attached hydrogens (tertiary/aromatic N) is 1. The van der Waals surface area contributed by atoms with Crippen LogP contribution in [0.25, 0.3) is 22.2 Å². The van der Waals surface area contributed by atoms with Crippen LogP contribution >= 0.6 is 0 Å². The van der Waals surface area contributed by atoms with Crippen molar-refractivity contribution in [1.29, 1.82) is 0 Å². The van der Waals surface area contributed by atoms with Gasteiger partial charge in [0.1, 0.15) is 5.82 Å². The van der Waals surface area contributed by atoms with E-state index < -0.39 is 0 Å². The summed E-state index contributed by atoms with van der Waals surface area (Å²) in [5.41, 5.74) is 5.49. The average molecular weight is 557 g/mol. The molecule has 28 heavy (non-hydrogen) atoms. The molecule has 1 heterocycles. The topological polar surface area (TPSA) is 50.2 Å². The first kappa shape index (κ1) is 23.7. The second kappa shape index (κ2) is 10.3. The third-order valence-corrected chi connectivity index (χ3v) is 4.08. The van der Waals surface area contributed by atoms with E-state index in [1.54, 1.807) is 6.92 Å². The summed E-state index contributed by atoms with van der Waals surface area (Å²) in [5.74, 6) is -0.279. The van der Waals surface area contributed by atoms with Crippen molar-refractivity contribution in [2.24, 2.45) is 0 Å². The number of benzene rings is 2. The van der Waals surface area contributed by atoms with E-state index in [0.29, 0.717) is 11.1 Å². The van der Waals surface area contributed by atoms with Gasteiger partial charge in [-0.25, -0.2) is 4.39 Å². The Morgan fingerprint density at radius 1 is 1.07 bits per heavy atom. The van der Waals surface area contributed by atoms with E-state index in [4.69, 9.17) is 5.11 Å². The van der Waals surface area contributed by atoms with Gasteiger partial charge < -0.3 is 5.11 Å². The van der Waals surface area contributed by atoms with E-state index in [1.165, 1.54) is 37.1 Å². The van der Waals surface area contributed by atoms with Crippen molar-refractivity contribution in [2.75, 3.05) is 0 Å². The first-order valence-electron chi connectivity index (χ1n) is 8.61. The van der Waals surface area contributed by atoms with Crippen molar-refractivity contribution >= 4 is 16.7 Å². The van der Waals surface area contributed by atoms with Crippen molar-refractivity contribution in [3.63, 3.8) is 0 Å². The molecule has 1 aromatic heterocycles. The zero-order chi connectivity index (χ0) is 20.1. The predicted molar refractivity (Wildman–Crippen MR) is 107 cm³/mol. The molecule has 3 aromatic rings. The van der Waals surface area contributed by atoms with Crippen molar-refractivity contribution in [1.82, 2.24) is 4.98 Å². The van der Waals surface area contributed by atoms with Gasteiger partial charge in [0.05, 0.1) is 11.3 Å². The fourth-order valence-electron chi connectivity index (χ4n) is 2.52. The minimum absolute atomic E-state index is 0. The van der Waals surface area contributed by atoms with Gasteiger partial charge in [-0.15, -0.1) is 34.9 Å². The number of fused-ring (bicyclic) bond motifs is 1. The normalized spacial score (nSPS) is 10.7. The Bertz CT molecular complexity index is 1020. The number of aliphatic hydroxyl groups excluding tert-OH is 1. The molecule has 0 saturated heterocycles. The number of pyridine rings is 1. The number of ketones is 1. The molecule has 3 nitrogen and oxygen atoms in total. The van der Waals surface area contributed by atoms with Crippen LogP contribution in [-0.2, 0) is 24.9 Å². The van der Waals surface area contributed by atoms with Crippen molar-refractivity contribution in [3.05, 3.63) is 76.8 Å². The summed E-state index contributed by atoms with van der Waals surface area (Å²) in [6.45, 7) is 8.74. The standard InChI is InChI=1S/C18H15FN.C5H8O2.Ir/c1-11-4-5-14(8-12(11)2)17-7-6-15-9-13(3)16(19)10-18(15)20-17;1-4(6)3-5(2)7;/h4,6-10H,1-3H3;3,6H,1-2H3;/q-1;;/b;4-3-;. The van der Waals surface area contributed by atoms with Crippen LogP contribution in [0.5, 0.6) is 0 Å². The first-order valence-corrected chi connectivity index (χ1v) is 8.61. The van der Waals surface area contributed by atoms with Crippen LogP contribution in [0.3, 0.4) is 0 Å². The van der Waals surface area contributed by atoms with Crippen molar-refractivity contribution in [2.45, 2.75) is 34.6 Å². The largest absolute Gasteiger partial charge is 0.512 e. The number of carbonyl (C=O) groups is 1. The van der Waals surface area contributed by atoms with Gasteiger partial charge in [-0.2, -0.15) is 0 Å². The molecule has 2 aromatic carbocycles. The SMILES string of the molecule is CC(=O)/C=C(/C)O.Cc1c[c-]c(-c2ccc3cc(C)c(F)cc3n2)cc1C.[Ir]. The molecule has 3 rings (SSSR count). The van der Waals surface area contributed by atoms with E-state index in [9.17, 15) is 9.18 Å². The van der Waals surface area contributed by atoms with Crippen LogP contribution in [0.15, 0.2) is 48.2 Å². The molecule has 1 radical (unpaired) electrons. The molecule has 1 N–H and O–H groups in total. The minimum atomic E-state index is -0.216. The van der Waals surface area contributed by atoms with E-state index >= 15 is 0 Å². The van der Waals surface area contributed by atoms with Crippen LogP contribution in [0.4, 0.5) is 4.39 Å². The molecule has 0 spiro atoms. The van der Waals surface area contributed by atoms with E-state index in [0.717, 1.165) is 16.6 Å². The Morgan fingerprint density at radius 2 is 1.75 bits per heavy atom. The maximum Gasteiger partial charge on any atom is 0.155 e. The number of aryl methyl sites for hydroxylation is 3. The Hall–Kier alpha value is -2.36.